The number of benzene rings is 1. The molecule has 5 nitrogen and oxygen atoms in total. The molecule has 0 radical (unpaired) electrons. The molecule has 1 aliphatic rings. The van der Waals surface area contributed by atoms with Crippen LogP contribution in [0.15, 0.2) is 30.3 Å². The Morgan fingerprint density at radius 1 is 1.14 bits per heavy atom. The van der Waals surface area contributed by atoms with Crippen LogP contribution >= 0.6 is 0 Å². The fourth-order valence-corrected chi connectivity index (χ4v) is 2.79. The second kappa shape index (κ2) is 7.94. The maximum absolute atomic E-state index is 12.2. The number of rotatable bonds is 6. The highest BCUT2D eigenvalue weighted by molar-refractivity contribution is 5.79. The molecule has 1 aromatic rings. The molecule has 1 fully saturated rings. The number of aryl methyl sites for hydroxylation is 1. The first-order valence-corrected chi connectivity index (χ1v) is 7.93. The van der Waals surface area contributed by atoms with Crippen LogP contribution in [0, 0.1) is 0 Å². The lowest BCUT2D eigenvalue weighted by molar-refractivity contribution is -0.134. The zero-order chi connectivity index (χ0) is 15.9. The van der Waals surface area contributed by atoms with Crippen molar-refractivity contribution in [2.24, 2.45) is 5.73 Å². The Bertz CT molecular complexity index is 496. The lowest BCUT2D eigenvalue weighted by Gasteiger charge is -2.37. The summed E-state index contributed by atoms with van der Waals surface area (Å²) in [5.41, 5.74) is 6.59. The zero-order valence-corrected chi connectivity index (χ0v) is 13.2. The summed E-state index contributed by atoms with van der Waals surface area (Å²) in [7, 11) is 0. The number of piperazine rings is 1. The normalized spacial score (nSPS) is 17.2. The quantitative estimate of drug-likeness (QED) is 0.853. The molecule has 0 aliphatic carbocycles. The number of nitrogens with two attached hydrogens (primary N) is 1. The van der Waals surface area contributed by atoms with Crippen LogP contribution in [-0.4, -0.2) is 53.8 Å². The number of nitrogens with zero attached hydrogens (tertiary/aromatic N) is 2. The minimum Gasteiger partial charge on any atom is -0.368 e. The summed E-state index contributed by atoms with van der Waals surface area (Å²) in [5, 5.41) is 0. The van der Waals surface area contributed by atoms with E-state index in [1.807, 2.05) is 34.9 Å². The van der Waals surface area contributed by atoms with E-state index in [4.69, 9.17) is 5.73 Å². The van der Waals surface area contributed by atoms with Crippen molar-refractivity contribution in [1.82, 2.24) is 9.80 Å². The maximum Gasteiger partial charge on any atom is 0.234 e. The second-order valence-electron chi connectivity index (χ2n) is 5.83. The molecular weight excluding hydrogens is 278 g/mol. The third-order valence-electron chi connectivity index (χ3n) is 4.33. The van der Waals surface area contributed by atoms with E-state index in [2.05, 4.69) is 12.1 Å². The van der Waals surface area contributed by atoms with Crippen molar-refractivity contribution in [3.05, 3.63) is 35.9 Å². The van der Waals surface area contributed by atoms with Gasteiger partial charge in [-0.15, -0.1) is 0 Å². The first kappa shape index (κ1) is 16.5. The van der Waals surface area contributed by atoms with E-state index in [0.29, 0.717) is 32.6 Å². The number of primary amides is 1. The molecule has 0 saturated carbocycles. The fraction of sp³-hybridized carbons (Fsp3) is 0.529. The Morgan fingerprint density at radius 2 is 1.77 bits per heavy atom. The van der Waals surface area contributed by atoms with Crippen LogP contribution in [0.3, 0.4) is 0 Å². The Labute approximate surface area is 132 Å². The molecule has 2 N–H and O–H groups in total. The van der Waals surface area contributed by atoms with Gasteiger partial charge in [-0.1, -0.05) is 30.3 Å². The van der Waals surface area contributed by atoms with E-state index >= 15 is 0 Å². The van der Waals surface area contributed by atoms with Crippen LogP contribution in [0.1, 0.15) is 25.3 Å². The van der Waals surface area contributed by atoms with Gasteiger partial charge in [0, 0.05) is 32.6 Å². The summed E-state index contributed by atoms with van der Waals surface area (Å²) < 4.78 is 0. The average Bonchev–Trinajstić information content (AvgIpc) is 2.55. The molecule has 0 bridgehead atoms. The van der Waals surface area contributed by atoms with Crippen molar-refractivity contribution >= 4 is 11.8 Å². The third-order valence-corrected chi connectivity index (χ3v) is 4.33. The highest BCUT2D eigenvalue weighted by Crippen LogP contribution is 2.10. The van der Waals surface area contributed by atoms with Gasteiger partial charge in [-0.05, 0) is 25.3 Å². The standard InChI is InChI=1S/C17H25N3O2/c1-14(17(18)22)19-10-12-20(13-11-19)16(21)9-5-8-15-6-3-2-4-7-15/h2-4,6-7,14H,5,8-13H2,1H3,(H2,18,22). The molecule has 1 unspecified atom stereocenters. The summed E-state index contributed by atoms with van der Waals surface area (Å²) in [6, 6.07) is 9.98. The average molecular weight is 303 g/mol. The molecule has 0 aromatic heterocycles. The lowest BCUT2D eigenvalue weighted by atomic mass is 10.1. The van der Waals surface area contributed by atoms with Crippen LogP contribution < -0.4 is 5.73 Å². The highest BCUT2D eigenvalue weighted by Gasteiger charge is 2.25. The maximum atomic E-state index is 12.2. The van der Waals surface area contributed by atoms with Gasteiger partial charge in [0.2, 0.25) is 11.8 Å². The van der Waals surface area contributed by atoms with Gasteiger partial charge >= 0.3 is 0 Å². The van der Waals surface area contributed by atoms with E-state index in [-0.39, 0.29) is 17.9 Å². The predicted molar refractivity (Wildman–Crippen MR) is 86.2 cm³/mol. The summed E-state index contributed by atoms with van der Waals surface area (Å²) in [4.78, 5) is 27.3. The van der Waals surface area contributed by atoms with Crippen molar-refractivity contribution < 1.29 is 9.59 Å². The molecule has 1 aromatic carbocycles. The molecule has 2 amide bonds. The molecule has 0 spiro atoms. The first-order valence-electron chi connectivity index (χ1n) is 7.93. The first-order chi connectivity index (χ1) is 10.6. The number of hydrogen-bond acceptors (Lipinski definition) is 3. The molecule has 1 aliphatic heterocycles. The van der Waals surface area contributed by atoms with Gasteiger partial charge in [0.15, 0.2) is 0 Å². The molecule has 22 heavy (non-hydrogen) atoms. The van der Waals surface area contributed by atoms with Gasteiger partial charge in [0.1, 0.15) is 0 Å². The smallest absolute Gasteiger partial charge is 0.234 e. The summed E-state index contributed by atoms with van der Waals surface area (Å²) in [6.45, 7) is 4.62. The zero-order valence-electron chi connectivity index (χ0n) is 13.2. The van der Waals surface area contributed by atoms with Crippen molar-refractivity contribution in [2.75, 3.05) is 26.2 Å². The Kier molecular flexibility index (Phi) is 5.95. The highest BCUT2D eigenvalue weighted by atomic mass is 16.2. The summed E-state index contributed by atoms with van der Waals surface area (Å²) >= 11 is 0. The van der Waals surface area contributed by atoms with Gasteiger partial charge in [0.05, 0.1) is 6.04 Å². The van der Waals surface area contributed by atoms with E-state index in [9.17, 15) is 9.59 Å². The van der Waals surface area contributed by atoms with Crippen LogP contribution in [0.4, 0.5) is 0 Å². The Morgan fingerprint density at radius 3 is 2.36 bits per heavy atom. The molecule has 1 heterocycles. The minimum atomic E-state index is -0.303. The number of carbonyl (C=O) groups is 2. The van der Waals surface area contributed by atoms with Crippen molar-refractivity contribution in [1.29, 1.82) is 0 Å². The van der Waals surface area contributed by atoms with Gasteiger partial charge in [-0.3, -0.25) is 14.5 Å². The van der Waals surface area contributed by atoms with Crippen molar-refractivity contribution in [3.63, 3.8) is 0 Å². The molecule has 1 atom stereocenters. The van der Waals surface area contributed by atoms with Crippen LogP contribution in [0.5, 0.6) is 0 Å². The molecule has 1 saturated heterocycles. The predicted octanol–water partition coefficient (Wildman–Crippen LogP) is 1.03. The van der Waals surface area contributed by atoms with Gasteiger partial charge < -0.3 is 10.6 Å². The molecule has 2 rings (SSSR count). The van der Waals surface area contributed by atoms with Crippen LogP contribution in [0.2, 0.25) is 0 Å². The third kappa shape index (κ3) is 4.56. The summed E-state index contributed by atoms with van der Waals surface area (Å²) in [5.74, 6) is -0.0926. The van der Waals surface area contributed by atoms with Gasteiger partial charge in [0.25, 0.3) is 0 Å². The van der Waals surface area contributed by atoms with Crippen LogP contribution in [-0.2, 0) is 16.0 Å². The number of amides is 2. The minimum absolute atomic E-state index is 0.210. The topological polar surface area (TPSA) is 66.6 Å². The molecular formula is C17H25N3O2. The Balaban J connectivity index is 1.70. The fourth-order valence-electron chi connectivity index (χ4n) is 2.79. The van der Waals surface area contributed by atoms with Crippen molar-refractivity contribution in [3.8, 4) is 0 Å². The van der Waals surface area contributed by atoms with E-state index in [0.717, 1.165) is 12.8 Å². The van der Waals surface area contributed by atoms with Gasteiger partial charge in [-0.2, -0.15) is 0 Å². The van der Waals surface area contributed by atoms with E-state index in [1.54, 1.807) is 0 Å². The monoisotopic (exact) mass is 303 g/mol. The SMILES string of the molecule is CC(C(N)=O)N1CCN(C(=O)CCCc2ccccc2)CC1. The molecule has 120 valence electrons. The summed E-state index contributed by atoms with van der Waals surface area (Å²) in [6.07, 6.45) is 2.40. The van der Waals surface area contributed by atoms with E-state index < -0.39 is 0 Å². The van der Waals surface area contributed by atoms with Gasteiger partial charge in [-0.25, -0.2) is 0 Å². The molecule has 5 heteroatoms. The van der Waals surface area contributed by atoms with E-state index in [1.165, 1.54) is 5.56 Å². The number of hydrogen-bond donors (Lipinski definition) is 1. The van der Waals surface area contributed by atoms with Crippen LogP contribution in [0.25, 0.3) is 0 Å². The largest absolute Gasteiger partial charge is 0.368 e. The Hall–Kier alpha value is -1.88. The lowest BCUT2D eigenvalue weighted by Crippen LogP contribution is -2.54. The number of carbonyl (C=O) groups excluding carboxylic acids is 2. The van der Waals surface area contributed by atoms with Crippen molar-refractivity contribution in [2.45, 2.75) is 32.2 Å². The second-order valence-corrected chi connectivity index (χ2v) is 5.83.